The first-order valence-electron chi connectivity index (χ1n) is 5.86. The summed E-state index contributed by atoms with van der Waals surface area (Å²) in [5.74, 6) is 0.757. The standard InChI is InChI=1S/C11H13F3N2O2S2/c1-7-4-8(16-18-7)6-15-9(17)5-10(11(12,13)14)19-2-3-20-10/h4H,2-3,5-6H2,1H3,(H,15,17). The molecule has 1 aromatic rings. The van der Waals surface area contributed by atoms with Crippen LogP contribution < -0.4 is 5.32 Å². The fourth-order valence-corrected chi connectivity index (χ4v) is 4.74. The van der Waals surface area contributed by atoms with Crippen molar-refractivity contribution >= 4 is 29.4 Å². The highest BCUT2D eigenvalue weighted by Gasteiger charge is 2.58. The average Bonchev–Trinajstić information content (AvgIpc) is 2.95. The zero-order valence-electron chi connectivity index (χ0n) is 10.6. The Morgan fingerprint density at radius 3 is 2.65 bits per heavy atom. The lowest BCUT2D eigenvalue weighted by molar-refractivity contribution is -0.146. The van der Waals surface area contributed by atoms with Crippen molar-refractivity contribution < 1.29 is 22.5 Å². The van der Waals surface area contributed by atoms with Gasteiger partial charge in [-0.25, -0.2) is 0 Å². The van der Waals surface area contributed by atoms with Gasteiger partial charge in [-0.1, -0.05) is 5.16 Å². The molecule has 1 fully saturated rings. The first-order valence-corrected chi connectivity index (χ1v) is 7.83. The van der Waals surface area contributed by atoms with E-state index in [1.165, 1.54) is 0 Å². The number of alkyl halides is 3. The molecule has 20 heavy (non-hydrogen) atoms. The SMILES string of the molecule is Cc1cc(CNC(=O)CC2(C(F)(F)F)SCCS2)no1. The van der Waals surface area contributed by atoms with E-state index in [-0.39, 0.29) is 6.54 Å². The van der Waals surface area contributed by atoms with Crippen LogP contribution in [0.3, 0.4) is 0 Å². The lowest BCUT2D eigenvalue weighted by atomic mass is 10.2. The molecule has 112 valence electrons. The second-order valence-corrected chi connectivity index (χ2v) is 7.38. The van der Waals surface area contributed by atoms with Gasteiger partial charge in [-0.3, -0.25) is 4.79 Å². The molecule has 1 saturated heterocycles. The molecule has 0 unspecified atom stereocenters. The summed E-state index contributed by atoms with van der Waals surface area (Å²) in [6.07, 6.45) is -4.98. The second-order valence-electron chi connectivity index (χ2n) is 4.33. The van der Waals surface area contributed by atoms with Crippen molar-refractivity contribution in [2.24, 2.45) is 0 Å². The number of carbonyl (C=O) groups is 1. The molecule has 0 aromatic carbocycles. The maximum absolute atomic E-state index is 13.1. The number of aromatic nitrogens is 1. The van der Waals surface area contributed by atoms with Crippen molar-refractivity contribution in [3.63, 3.8) is 0 Å². The Balaban J connectivity index is 1.92. The van der Waals surface area contributed by atoms with Gasteiger partial charge in [0.05, 0.1) is 13.0 Å². The van der Waals surface area contributed by atoms with Crippen molar-refractivity contribution in [2.45, 2.75) is 30.1 Å². The van der Waals surface area contributed by atoms with Crippen LogP contribution in [0.2, 0.25) is 0 Å². The van der Waals surface area contributed by atoms with Gasteiger partial charge in [0, 0.05) is 17.6 Å². The fraction of sp³-hybridized carbons (Fsp3) is 0.636. The quantitative estimate of drug-likeness (QED) is 0.922. The molecule has 0 radical (unpaired) electrons. The molecule has 4 nitrogen and oxygen atoms in total. The van der Waals surface area contributed by atoms with Crippen LogP contribution in [0.1, 0.15) is 17.9 Å². The van der Waals surface area contributed by atoms with Gasteiger partial charge in [-0.2, -0.15) is 13.2 Å². The number of halogens is 3. The highest BCUT2D eigenvalue weighted by atomic mass is 32.2. The van der Waals surface area contributed by atoms with E-state index in [1.54, 1.807) is 13.0 Å². The van der Waals surface area contributed by atoms with Gasteiger partial charge in [-0.05, 0) is 6.92 Å². The van der Waals surface area contributed by atoms with Crippen molar-refractivity contribution in [2.75, 3.05) is 11.5 Å². The molecule has 1 N–H and O–H groups in total. The summed E-state index contributed by atoms with van der Waals surface area (Å²) in [5, 5.41) is 6.11. The zero-order valence-corrected chi connectivity index (χ0v) is 12.3. The minimum atomic E-state index is -4.40. The van der Waals surface area contributed by atoms with Crippen LogP contribution in [0.4, 0.5) is 13.2 Å². The zero-order chi connectivity index (χ0) is 14.8. The third kappa shape index (κ3) is 3.43. The largest absolute Gasteiger partial charge is 0.412 e. The van der Waals surface area contributed by atoms with E-state index >= 15 is 0 Å². The number of aryl methyl sites for hydroxylation is 1. The van der Waals surface area contributed by atoms with Gasteiger partial charge in [0.25, 0.3) is 0 Å². The van der Waals surface area contributed by atoms with Gasteiger partial charge in [0.15, 0.2) is 4.08 Å². The van der Waals surface area contributed by atoms with Crippen LogP contribution in [0.5, 0.6) is 0 Å². The maximum atomic E-state index is 13.1. The Kier molecular flexibility index (Phi) is 4.58. The highest BCUT2D eigenvalue weighted by Crippen LogP contribution is 2.56. The summed E-state index contributed by atoms with van der Waals surface area (Å²) < 4.78 is 42.1. The highest BCUT2D eigenvalue weighted by molar-refractivity contribution is 8.21. The molecule has 0 spiro atoms. The maximum Gasteiger partial charge on any atom is 0.412 e. The summed E-state index contributed by atoms with van der Waals surface area (Å²) in [4.78, 5) is 11.7. The molecule has 0 atom stereocenters. The fourth-order valence-electron chi connectivity index (χ4n) is 1.78. The Morgan fingerprint density at radius 2 is 2.15 bits per heavy atom. The van der Waals surface area contributed by atoms with E-state index in [0.29, 0.717) is 23.0 Å². The average molecular weight is 326 g/mol. The van der Waals surface area contributed by atoms with Crippen LogP contribution >= 0.6 is 23.5 Å². The summed E-state index contributed by atoms with van der Waals surface area (Å²) in [7, 11) is 0. The van der Waals surface area contributed by atoms with Crippen molar-refractivity contribution in [3.8, 4) is 0 Å². The topological polar surface area (TPSA) is 55.1 Å². The van der Waals surface area contributed by atoms with Crippen LogP contribution in [-0.4, -0.2) is 32.8 Å². The molecule has 2 heterocycles. The Labute approximate surface area is 122 Å². The monoisotopic (exact) mass is 326 g/mol. The lowest BCUT2D eigenvalue weighted by Gasteiger charge is -2.29. The number of hydrogen-bond donors (Lipinski definition) is 1. The Hall–Kier alpha value is -0.830. The van der Waals surface area contributed by atoms with Gasteiger partial charge >= 0.3 is 6.18 Å². The number of rotatable bonds is 4. The van der Waals surface area contributed by atoms with Gasteiger partial charge in [0.2, 0.25) is 5.91 Å². The second kappa shape index (κ2) is 5.88. The number of amides is 1. The van der Waals surface area contributed by atoms with Crippen LogP contribution in [0.25, 0.3) is 0 Å². The van der Waals surface area contributed by atoms with E-state index in [4.69, 9.17) is 4.52 Å². The Morgan fingerprint density at radius 1 is 1.50 bits per heavy atom. The Bertz CT molecular complexity index is 484. The van der Waals surface area contributed by atoms with Gasteiger partial charge in [0.1, 0.15) is 11.5 Å². The summed E-state index contributed by atoms with van der Waals surface area (Å²) in [6, 6.07) is 1.62. The molecule has 1 aromatic heterocycles. The predicted molar refractivity (Wildman–Crippen MR) is 71.4 cm³/mol. The normalized spacial score (nSPS) is 18.2. The lowest BCUT2D eigenvalue weighted by Crippen LogP contribution is -2.42. The molecule has 2 rings (SSSR count). The van der Waals surface area contributed by atoms with Crippen LogP contribution in [0.15, 0.2) is 10.6 Å². The predicted octanol–water partition coefficient (Wildman–Crippen LogP) is 2.73. The van der Waals surface area contributed by atoms with E-state index in [0.717, 1.165) is 23.5 Å². The smallest absolute Gasteiger partial charge is 0.361 e. The number of nitrogens with zero attached hydrogens (tertiary/aromatic N) is 1. The van der Waals surface area contributed by atoms with E-state index in [1.807, 2.05) is 0 Å². The minimum absolute atomic E-state index is 0.0689. The van der Waals surface area contributed by atoms with Crippen LogP contribution in [0, 0.1) is 6.92 Å². The van der Waals surface area contributed by atoms with Crippen molar-refractivity contribution in [1.82, 2.24) is 10.5 Å². The van der Waals surface area contributed by atoms with Gasteiger partial charge < -0.3 is 9.84 Å². The molecule has 1 amide bonds. The third-order valence-electron chi connectivity index (χ3n) is 2.72. The van der Waals surface area contributed by atoms with Gasteiger partial charge in [-0.15, -0.1) is 23.5 Å². The summed E-state index contributed by atoms with van der Waals surface area (Å²) in [6.45, 7) is 1.77. The van der Waals surface area contributed by atoms with E-state index < -0.39 is 22.6 Å². The molecular weight excluding hydrogens is 313 g/mol. The third-order valence-corrected chi connectivity index (χ3v) is 6.19. The number of hydrogen-bond acceptors (Lipinski definition) is 5. The molecule has 9 heteroatoms. The summed E-state index contributed by atoms with van der Waals surface area (Å²) in [5.41, 5.74) is 0.489. The number of nitrogens with one attached hydrogen (secondary N) is 1. The molecule has 0 aliphatic carbocycles. The molecular formula is C11H13F3N2O2S2. The molecule has 0 saturated carbocycles. The molecule has 0 bridgehead atoms. The first kappa shape index (κ1) is 15.6. The minimum Gasteiger partial charge on any atom is -0.361 e. The van der Waals surface area contributed by atoms with Crippen molar-refractivity contribution in [3.05, 3.63) is 17.5 Å². The summed E-state index contributed by atoms with van der Waals surface area (Å²) >= 11 is 1.59. The molecule has 1 aliphatic heterocycles. The number of carbonyl (C=O) groups excluding carboxylic acids is 1. The van der Waals surface area contributed by atoms with Crippen LogP contribution in [-0.2, 0) is 11.3 Å². The number of thioether (sulfide) groups is 2. The molecule has 1 aliphatic rings. The van der Waals surface area contributed by atoms with E-state index in [2.05, 4.69) is 10.5 Å². The van der Waals surface area contributed by atoms with E-state index in [9.17, 15) is 18.0 Å². The first-order chi connectivity index (χ1) is 9.32. The van der Waals surface area contributed by atoms with Crippen molar-refractivity contribution in [1.29, 1.82) is 0 Å².